The van der Waals surface area contributed by atoms with Crippen molar-refractivity contribution in [3.63, 3.8) is 0 Å². The van der Waals surface area contributed by atoms with Crippen molar-refractivity contribution in [3.05, 3.63) is 35.9 Å². The number of carbonyl (C=O) groups is 2. The summed E-state index contributed by atoms with van der Waals surface area (Å²) in [7, 11) is 0. The van der Waals surface area contributed by atoms with E-state index < -0.39 is 5.82 Å². The molecule has 0 unspecified atom stereocenters. The van der Waals surface area contributed by atoms with E-state index in [9.17, 15) is 14.0 Å². The second-order valence-electron chi connectivity index (χ2n) is 8.59. The van der Waals surface area contributed by atoms with Crippen LogP contribution in [0.15, 0.2) is 24.5 Å². The third kappa shape index (κ3) is 3.96. The zero-order valence-corrected chi connectivity index (χ0v) is 17.9. The number of rotatable bonds is 6. The molecule has 1 aliphatic carbocycles. The Bertz CT molecular complexity index is 1010. The van der Waals surface area contributed by atoms with Gasteiger partial charge in [-0.1, -0.05) is 0 Å². The van der Waals surface area contributed by atoms with E-state index >= 15 is 0 Å². The SMILES string of the molecule is CCNC(=O)c1ccc(Nc2ncc(F)c(N3C[C@H]4CC[C@@H](C3)N4C(=O)C3CC3)n2)nc1. The number of piperazine rings is 1. The quantitative estimate of drug-likeness (QED) is 0.710. The van der Waals surface area contributed by atoms with Crippen LogP contribution in [0.4, 0.5) is 22.0 Å². The molecule has 2 aromatic heterocycles. The minimum atomic E-state index is -0.489. The zero-order chi connectivity index (χ0) is 22.2. The second-order valence-corrected chi connectivity index (χ2v) is 8.59. The Morgan fingerprint density at radius 2 is 1.84 bits per heavy atom. The average molecular weight is 439 g/mol. The van der Waals surface area contributed by atoms with E-state index in [0.29, 0.717) is 31.0 Å². The number of halogens is 1. The Kier molecular flexibility index (Phi) is 5.36. The zero-order valence-electron chi connectivity index (χ0n) is 17.9. The van der Waals surface area contributed by atoms with Gasteiger partial charge in [-0.2, -0.15) is 4.98 Å². The minimum Gasteiger partial charge on any atom is -0.352 e. The summed E-state index contributed by atoms with van der Waals surface area (Å²) in [6.45, 7) is 3.53. The lowest BCUT2D eigenvalue weighted by atomic mass is 10.1. The van der Waals surface area contributed by atoms with Crippen molar-refractivity contribution < 1.29 is 14.0 Å². The summed E-state index contributed by atoms with van der Waals surface area (Å²) < 4.78 is 14.6. The van der Waals surface area contributed by atoms with Gasteiger partial charge in [0.2, 0.25) is 11.9 Å². The highest BCUT2D eigenvalue weighted by molar-refractivity contribution is 5.94. The van der Waals surface area contributed by atoms with Crippen molar-refractivity contribution >= 4 is 29.4 Å². The summed E-state index contributed by atoms with van der Waals surface area (Å²) in [5.74, 6) is 0.695. The predicted octanol–water partition coefficient (Wildman–Crippen LogP) is 2.09. The van der Waals surface area contributed by atoms with Crippen LogP contribution in [-0.2, 0) is 4.79 Å². The lowest BCUT2D eigenvalue weighted by Crippen LogP contribution is -2.56. The van der Waals surface area contributed by atoms with Crippen LogP contribution in [0.5, 0.6) is 0 Å². The highest BCUT2D eigenvalue weighted by atomic mass is 19.1. The van der Waals surface area contributed by atoms with Crippen LogP contribution in [0.2, 0.25) is 0 Å². The summed E-state index contributed by atoms with van der Waals surface area (Å²) in [5, 5.41) is 5.69. The third-order valence-corrected chi connectivity index (χ3v) is 6.29. The van der Waals surface area contributed by atoms with Crippen LogP contribution < -0.4 is 15.5 Å². The molecule has 4 heterocycles. The van der Waals surface area contributed by atoms with Crippen LogP contribution >= 0.6 is 0 Å². The first-order valence-electron chi connectivity index (χ1n) is 11.1. The van der Waals surface area contributed by atoms with Crippen molar-refractivity contribution in [3.8, 4) is 0 Å². The van der Waals surface area contributed by atoms with Crippen molar-refractivity contribution in [1.29, 1.82) is 0 Å². The Hall–Kier alpha value is -3.30. The molecule has 2 bridgehead atoms. The molecule has 2 saturated heterocycles. The van der Waals surface area contributed by atoms with E-state index in [0.717, 1.165) is 31.9 Å². The van der Waals surface area contributed by atoms with Gasteiger partial charge in [-0.3, -0.25) is 9.59 Å². The number of nitrogens with one attached hydrogen (secondary N) is 2. The van der Waals surface area contributed by atoms with Crippen molar-refractivity contribution in [1.82, 2.24) is 25.2 Å². The Morgan fingerprint density at radius 3 is 2.47 bits per heavy atom. The van der Waals surface area contributed by atoms with E-state index in [1.54, 1.807) is 12.1 Å². The highest BCUT2D eigenvalue weighted by Gasteiger charge is 2.47. The highest BCUT2D eigenvalue weighted by Crippen LogP contribution is 2.39. The summed E-state index contributed by atoms with van der Waals surface area (Å²) in [4.78, 5) is 41.2. The van der Waals surface area contributed by atoms with E-state index in [-0.39, 0.29) is 41.6 Å². The molecule has 2 amide bonds. The van der Waals surface area contributed by atoms with Crippen molar-refractivity contribution in [2.75, 3.05) is 29.9 Å². The molecule has 9 nitrogen and oxygen atoms in total. The molecular weight excluding hydrogens is 413 g/mol. The lowest BCUT2D eigenvalue weighted by molar-refractivity contribution is -0.135. The van der Waals surface area contributed by atoms with Gasteiger partial charge in [-0.05, 0) is 44.7 Å². The number of hydrogen-bond acceptors (Lipinski definition) is 7. The predicted molar refractivity (Wildman–Crippen MR) is 116 cm³/mol. The summed E-state index contributed by atoms with van der Waals surface area (Å²) in [6.07, 6.45) is 6.49. The smallest absolute Gasteiger partial charge is 0.252 e. The maximum absolute atomic E-state index is 14.6. The molecular formula is C22H26FN7O2. The molecule has 3 fully saturated rings. The lowest BCUT2D eigenvalue weighted by Gasteiger charge is -2.41. The van der Waals surface area contributed by atoms with Gasteiger partial charge >= 0.3 is 0 Å². The molecule has 32 heavy (non-hydrogen) atoms. The standard InChI is InChI=1S/C22H26FN7O2/c1-2-24-20(31)14-5-8-18(25-9-14)27-22-26-10-17(23)19(28-22)29-11-15-6-7-16(12-29)30(15)21(32)13-3-4-13/h5,8-10,13,15-16H,2-4,6-7,11-12H2,1H3,(H,24,31)(H,25,26,27,28)/t15-,16+. The van der Waals surface area contributed by atoms with Gasteiger partial charge in [0.1, 0.15) is 5.82 Å². The van der Waals surface area contributed by atoms with Gasteiger partial charge in [-0.15, -0.1) is 0 Å². The first kappa shape index (κ1) is 20.6. The molecule has 0 radical (unpaired) electrons. The van der Waals surface area contributed by atoms with Gasteiger partial charge < -0.3 is 20.4 Å². The summed E-state index contributed by atoms with van der Waals surface area (Å²) >= 11 is 0. The summed E-state index contributed by atoms with van der Waals surface area (Å²) in [6, 6.07) is 3.52. The first-order valence-corrected chi connectivity index (χ1v) is 11.1. The van der Waals surface area contributed by atoms with Gasteiger partial charge in [0.15, 0.2) is 11.6 Å². The van der Waals surface area contributed by atoms with E-state index in [1.807, 2.05) is 16.7 Å². The fourth-order valence-corrected chi connectivity index (χ4v) is 4.60. The number of anilines is 3. The van der Waals surface area contributed by atoms with Gasteiger partial charge in [0.25, 0.3) is 5.91 Å². The van der Waals surface area contributed by atoms with Crippen LogP contribution in [0.1, 0.15) is 43.0 Å². The molecule has 168 valence electrons. The molecule has 3 aliphatic rings. The van der Waals surface area contributed by atoms with Crippen LogP contribution in [0, 0.1) is 11.7 Å². The number of carbonyl (C=O) groups excluding carboxylic acids is 2. The maximum atomic E-state index is 14.6. The molecule has 1 saturated carbocycles. The second kappa shape index (κ2) is 8.33. The molecule has 2 aliphatic heterocycles. The Balaban J connectivity index is 1.29. The van der Waals surface area contributed by atoms with Crippen molar-refractivity contribution in [2.24, 2.45) is 5.92 Å². The number of aromatic nitrogens is 3. The maximum Gasteiger partial charge on any atom is 0.252 e. The van der Waals surface area contributed by atoms with Crippen LogP contribution in [0.3, 0.4) is 0 Å². The third-order valence-electron chi connectivity index (χ3n) is 6.29. The Morgan fingerprint density at radius 1 is 1.09 bits per heavy atom. The van der Waals surface area contributed by atoms with Gasteiger partial charge in [0.05, 0.1) is 11.8 Å². The monoisotopic (exact) mass is 439 g/mol. The topological polar surface area (TPSA) is 103 Å². The first-order chi connectivity index (χ1) is 15.5. The molecule has 10 heteroatoms. The van der Waals surface area contributed by atoms with E-state index in [2.05, 4.69) is 25.6 Å². The molecule has 0 spiro atoms. The van der Waals surface area contributed by atoms with Gasteiger partial charge in [-0.25, -0.2) is 14.4 Å². The van der Waals surface area contributed by atoms with Gasteiger partial charge in [0, 0.05) is 43.8 Å². The fourth-order valence-electron chi connectivity index (χ4n) is 4.60. The largest absolute Gasteiger partial charge is 0.352 e. The van der Waals surface area contributed by atoms with E-state index in [1.165, 1.54) is 6.20 Å². The number of fused-ring (bicyclic) bond motifs is 2. The molecule has 2 aromatic rings. The van der Waals surface area contributed by atoms with Crippen LogP contribution in [0.25, 0.3) is 0 Å². The Labute approximate surface area is 185 Å². The number of amides is 2. The molecule has 2 N–H and O–H groups in total. The number of nitrogens with zero attached hydrogens (tertiary/aromatic N) is 5. The van der Waals surface area contributed by atoms with Crippen LogP contribution in [-0.4, -0.2) is 63.4 Å². The van der Waals surface area contributed by atoms with Crippen molar-refractivity contribution in [2.45, 2.75) is 44.7 Å². The molecule has 2 atom stereocenters. The van der Waals surface area contributed by atoms with E-state index in [4.69, 9.17) is 0 Å². The fraction of sp³-hybridized carbons (Fsp3) is 0.500. The normalized spacial score (nSPS) is 22.1. The minimum absolute atomic E-state index is 0.108. The average Bonchev–Trinajstić information content (AvgIpc) is 3.60. The molecule has 5 rings (SSSR count). The number of pyridine rings is 1. The number of hydrogen-bond donors (Lipinski definition) is 2. The summed E-state index contributed by atoms with van der Waals surface area (Å²) in [5.41, 5.74) is 0.451. The molecule has 0 aromatic carbocycles.